The molecule has 0 amide bonds. The van der Waals surface area contributed by atoms with Crippen LogP contribution in [0.4, 0.5) is 0 Å². The molecule has 0 spiro atoms. The summed E-state index contributed by atoms with van der Waals surface area (Å²) in [5.41, 5.74) is 1.29. The summed E-state index contributed by atoms with van der Waals surface area (Å²) in [6.07, 6.45) is 4.55. The molecular formula is C16H19ClO3. The predicted octanol–water partition coefficient (Wildman–Crippen LogP) is 3.71. The van der Waals surface area contributed by atoms with E-state index in [1.165, 1.54) is 6.07 Å². The van der Waals surface area contributed by atoms with Crippen molar-refractivity contribution in [1.29, 1.82) is 0 Å². The Morgan fingerprint density at radius 2 is 2.05 bits per heavy atom. The lowest BCUT2D eigenvalue weighted by atomic mass is 9.55. The van der Waals surface area contributed by atoms with Gasteiger partial charge in [0.1, 0.15) is 5.78 Å². The van der Waals surface area contributed by atoms with Crippen LogP contribution in [0.1, 0.15) is 50.2 Å². The van der Waals surface area contributed by atoms with Crippen molar-refractivity contribution in [2.45, 2.75) is 50.9 Å². The smallest absolute Gasteiger partial charge is 0.161 e. The first kappa shape index (κ1) is 13.7. The van der Waals surface area contributed by atoms with E-state index in [9.17, 15) is 15.0 Å². The molecule has 1 aromatic rings. The van der Waals surface area contributed by atoms with E-state index in [0.29, 0.717) is 23.8 Å². The summed E-state index contributed by atoms with van der Waals surface area (Å²) >= 11 is 6.25. The Labute approximate surface area is 123 Å². The Hall–Kier alpha value is -1.22. The van der Waals surface area contributed by atoms with E-state index in [-0.39, 0.29) is 22.7 Å². The van der Waals surface area contributed by atoms with Gasteiger partial charge in [0, 0.05) is 34.9 Å². The maximum absolute atomic E-state index is 12.0. The minimum absolute atomic E-state index is 0.0781. The molecule has 2 N–H and O–H groups in total. The SMILES string of the molecule is CCC12CC(=O)CCC1CCc1c(Cl)cc(O)c(O)c12. The van der Waals surface area contributed by atoms with Gasteiger partial charge in [-0.1, -0.05) is 18.5 Å². The summed E-state index contributed by atoms with van der Waals surface area (Å²) in [7, 11) is 0. The number of phenolic OH excluding ortho intramolecular Hbond substituents is 2. The lowest BCUT2D eigenvalue weighted by Gasteiger charge is -2.48. The monoisotopic (exact) mass is 294 g/mol. The highest BCUT2D eigenvalue weighted by molar-refractivity contribution is 6.31. The molecule has 2 aliphatic carbocycles. The highest BCUT2D eigenvalue weighted by Gasteiger charge is 2.49. The van der Waals surface area contributed by atoms with Crippen LogP contribution < -0.4 is 0 Å². The quantitative estimate of drug-likeness (QED) is 0.776. The number of benzene rings is 1. The van der Waals surface area contributed by atoms with Gasteiger partial charge < -0.3 is 10.2 Å². The molecule has 4 heteroatoms. The molecule has 0 heterocycles. The van der Waals surface area contributed by atoms with Crippen molar-refractivity contribution < 1.29 is 15.0 Å². The number of carbonyl (C=O) groups is 1. The third-order valence-electron chi connectivity index (χ3n) is 5.27. The number of fused-ring (bicyclic) bond motifs is 3. The Morgan fingerprint density at radius 3 is 2.75 bits per heavy atom. The largest absolute Gasteiger partial charge is 0.504 e. The van der Waals surface area contributed by atoms with Gasteiger partial charge in [0.15, 0.2) is 11.5 Å². The van der Waals surface area contributed by atoms with Gasteiger partial charge in [0.25, 0.3) is 0 Å². The number of ketones is 1. The zero-order valence-corrected chi connectivity index (χ0v) is 12.3. The van der Waals surface area contributed by atoms with Crippen molar-refractivity contribution >= 4 is 17.4 Å². The number of carbonyl (C=O) groups excluding carboxylic acids is 1. The average molecular weight is 295 g/mol. The van der Waals surface area contributed by atoms with Gasteiger partial charge in [-0.15, -0.1) is 0 Å². The zero-order chi connectivity index (χ0) is 14.5. The summed E-state index contributed by atoms with van der Waals surface area (Å²) < 4.78 is 0. The van der Waals surface area contributed by atoms with Crippen molar-refractivity contribution in [2.24, 2.45) is 5.92 Å². The molecule has 1 saturated carbocycles. The molecule has 0 aromatic heterocycles. The zero-order valence-electron chi connectivity index (χ0n) is 11.6. The lowest BCUT2D eigenvalue weighted by molar-refractivity contribution is -0.124. The van der Waals surface area contributed by atoms with Gasteiger partial charge >= 0.3 is 0 Å². The minimum Gasteiger partial charge on any atom is -0.504 e. The van der Waals surface area contributed by atoms with Crippen LogP contribution in [0, 0.1) is 5.92 Å². The molecule has 1 fully saturated rings. The normalized spacial score (nSPS) is 28.9. The van der Waals surface area contributed by atoms with Crippen LogP contribution in [0.25, 0.3) is 0 Å². The number of halogens is 1. The molecule has 2 unspecified atom stereocenters. The molecule has 20 heavy (non-hydrogen) atoms. The second-order valence-corrected chi connectivity index (χ2v) is 6.49. The Morgan fingerprint density at radius 1 is 1.35 bits per heavy atom. The van der Waals surface area contributed by atoms with Gasteiger partial charge in [-0.25, -0.2) is 0 Å². The Balaban J connectivity index is 2.27. The molecule has 0 aliphatic heterocycles. The van der Waals surface area contributed by atoms with Gasteiger partial charge in [-0.3, -0.25) is 4.79 Å². The number of hydrogen-bond donors (Lipinski definition) is 2. The standard InChI is InChI=1S/C16H19ClO3/c1-2-16-8-10(18)5-3-9(16)4-6-11-12(17)7-13(19)15(20)14(11)16/h7,9,19-20H,2-6,8H2,1H3. The van der Waals surface area contributed by atoms with E-state index in [1.54, 1.807) is 0 Å². The van der Waals surface area contributed by atoms with E-state index >= 15 is 0 Å². The number of aromatic hydroxyl groups is 2. The van der Waals surface area contributed by atoms with Crippen LogP contribution in [0.15, 0.2) is 6.07 Å². The van der Waals surface area contributed by atoms with Crippen molar-refractivity contribution in [1.82, 2.24) is 0 Å². The predicted molar refractivity (Wildman–Crippen MR) is 77.4 cm³/mol. The van der Waals surface area contributed by atoms with Crippen LogP contribution in [-0.4, -0.2) is 16.0 Å². The summed E-state index contributed by atoms with van der Waals surface area (Å²) in [6.45, 7) is 2.05. The highest BCUT2D eigenvalue weighted by Crippen LogP contribution is 2.56. The van der Waals surface area contributed by atoms with Gasteiger partial charge in [-0.05, 0) is 37.2 Å². The summed E-state index contributed by atoms with van der Waals surface area (Å²) in [5, 5.41) is 20.8. The number of rotatable bonds is 1. The molecule has 0 bridgehead atoms. The minimum atomic E-state index is -0.352. The molecule has 3 nitrogen and oxygen atoms in total. The molecule has 3 rings (SSSR count). The summed E-state index contributed by atoms with van der Waals surface area (Å²) in [6, 6.07) is 1.41. The van der Waals surface area contributed by atoms with Crippen LogP contribution in [-0.2, 0) is 16.6 Å². The maximum Gasteiger partial charge on any atom is 0.161 e. The van der Waals surface area contributed by atoms with Crippen LogP contribution in [0.3, 0.4) is 0 Å². The number of phenols is 2. The number of Topliss-reactive ketones (excluding diaryl/α,β-unsaturated/α-hetero) is 1. The summed E-state index contributed by atoms with van der Waals surface area (Å²) in [5.74, 6) is 0.377. The Kier molecular flexibility index (Phi) is 3.20. The fourth-order valence-corrected chi connectivity index (χ4v) is 4.56. The third kappa shape index (κ3) is 1.76. The van der Waals surface area contributed by atoms with Crippen molar-refractivity contribution in [3.8, 4) is 11.5 Å². The van der Waals surface area contributed by atoms with Crippen molar-refractivity contribution in [3.05, 3.63) is 22.2 Å². The fourth-order valence-electron chi connectivity index (χ4n) is 4.26. The van der Waals surface area contributed by atoms with Crippen LogP contribution in [0.5, 0.6) is 11.5 Å². The van der Waals surface area contributed by atoms with E-state index in [0.717, 1.165) is 36.8 Å². The molecular weight excluding hydrogens is 276 g/mol. The fraction of sp³-hybridized carbons (Fsp3) is 0.562. The van der Waals surface area contributed by atoms with Gasteiger partial charge in [0.05, 0.1) is 0 Å². The molecule has 1 aromatic carbocycles. The molecule has 108 valence electrons. The second-order valence-electron chi connectivity index (χ2n) is 6.08. The average Bonchev–Trinajstić information content (AvgIpc) is 2.43. The summed E-state index contributed by atoms with van der Waals surface area (Å²) in [4.78, 5) is 12.0. The topological polar surface area (TPSA) is 57.5 Å². The van der Waals surface area contributed by atoms with Gasteiger partial charge in [0.2, 0.25) is 0 Å². The Bertz CT molecular complexity index is 582. The van der Waals surface area contributed by atoms with Crippen molar-refractivity contribution in [3.63, 3.8) is 0 Å². The number of hydrogen-bond acceptors (Lipinski definition) is 3. The van der Waals surface area contributed by atoms with Crippen LogP contribution in [0.2, 0.25) is 5.02 Å². The molecule has 2 atom stereocenters. The first-order valence-corrected chi connectivity index (χ1v) is 7.63. The maximum atomic E-state index is 12.0. The van der Waals surface area contributed by atoms with E-state index in [4.69, 9.17) is 11.6 Å². The first-order valence-electron chi connectivity index (χ1n) is 7.25. The molecule has 0 radical (unpaired) electrons. The van der Waals surface area contributed by atoms with E-state index in [2.05, 4.69) is 6.92 Å². The van der Waals surface area contributed by atoms with Crippen molar-refractivity contribution in [2.75, 3.05) is 0 Å². The molecule has 0 saturated heterocycles. The third-order valence-corrected chi connectivity index (χ3v) is 5.61. The van der Waals surface area contributed by atoms with Crippen LogP contribution >= 0.6 is 11.6 Å². The second kappa shape index (κ2) is 4.66. The lowest BCUT2D eigenvalue weighted by Crippen LogP contribution is -2.44. The van der Waals surface area contributed by atoms with E-state index in [1.807, 2.05) is 0 Å². The molecule has 2 aliphatic rings. The van der Waals surface area contributed by atoms with E-state index < -0.39 is 0 Å². The highest BCUT2D eigenvalue weighted by atomic mass is 35.5. The van der Waals surface area contributed by atoms with Gasteiger partial charge in [-0.2, -0.15) is 0 Å². The first-order chi connectivity index (χ1) is 9.49.